The summed E-state index contributed by atoms with van der Waals surface area (Å²) in [6.07, 6.45) is 0. The highest BCUT2D eigenvalue weighted by Gasteiger charge is 2.19. The Bertz CT molecular complexity index is 2850. The van der Waals surface area contributed by atoms with Crippen LogP contribution < -0.4 is 0 Å². The van der Waals surface area contributed by atoms with Gasteiger partial charge in [-0.05, 0) is 70.8 Å². The average molecular weight is 631 g/mol. The number of nitrogens with zero attached hydrogens (tertiary/aromatic N) is 2. The molecule has 10 rings (SSSR count). The van der Waals surface area contributed by atoms with E-state index in [9.17, 15) is 0 Å². The monoisotopic (exact) mass is 630 g/mol. The molecular formula is C44H26N2OS. The fraction of sp³-hybridized carbons (Fsp3) is 0. The van der Waals surface area contributed by atoms with E-state index in [1.54, 1.807) is 0 Å². The van der Waals surface area contributed by atoms with Crippen molar-refractivity contribution >= 4 is 64.4 Å². The van der Waals surface area contributed by atoms with Gasteiger partial charge in [0, 0.05) is 47.5 Å². The van der Waals surface area contributed by atoms with Gasteiger partial charge in [0.15, 0.2) is 11.4 Å². The Hall–Kier alpha value is -6.10. The number of para-hydroxylation sites is 1. The number of fused-ring (bicyclic) bond motifs is 8. The minimum Gasteiger partial charge on any atom is -0.454 e. The molecule has 0 aliphatic rings. The summed E-state index contributed by atoms with van der Waals surface area (Å²) in [5.74, 6) is 0.668. The van der Waals surface area contributed by atoms with Crippen LogP contribution in [0.4, 0.5) is 0 Å². The number of benzene rings is 7. The van der Waals surface area contributed by atoms with E-state index in [2.05, 4.69) is 140 Å². The van der Waals surface area contributed by atoms with Crippen LogP contribution in [0.2, 0.25) is 0 Å². The fourth-order valence-corrected chi connectivity index (χ4v) is 8.03. The van der Waals surface area contributed by atoms with E-state index in [1.807, 2.05) is 29.5 Å². The topological polar surface area (TPSA) is 38.9 Å². The molecule has 3 nitrogen and oxygen atoms in total. The highest BCUT2D eigenvalue weighted by atomic mass is 32.1. The Morgan fingerprint density at radius 3 is 1.90 bits per heavy atom. The van der Waals surface area contributed by atoms with E-state index in [0.717, 1.165) is 60.8 Å². The lowest BCUT2D eigenvalue weighted by molar-refractivity contribution is 0.671. The maximum atomic E-state index is 6.52. The first-order valence-electron chi connectivity index (χ1n) is 16.1. The lowest BCUT2D eigenvalue weighted by Gasteiger charge is -2.12. The summed E-state index contributed by atoms with van der Waals surface area (Å²) < 4.78 is 9.08. The lowest BCUT2D eigenvalue weighted by atomic mass is 9.97. The minimum atomic E-state index is 0.668. The first-order valence-corrected chi connectivity index (χ1v) is 16.9. The highest BCUT2D eigenvalue weighted by Crippen LogP contribution is 2.41. The second-order valence-electron chi connectivity index (χ2n) is 12.2. The average Bonchev–Trinajstić information content (AvgIpc) is 3.73. The van der Waals surface area contributed by atoms with Crippen molar-refractivity contribution in [1.29, 1.82) is 0 Å². The van der Waals surface area contributed by atoms with Gasteiger partial charge in [-0.25, -0.2) is 9.97 Å². The molecule has 0 atom stereocenters. The first-order chi connectivity index (χ1) is 23.8. The number of furan rings is 1. The van der Waals surface area contributed by atoms with Crippen LogP contribution in [0.1, 0.15) is 0 Å². The molecule has 4 heteroatoms. The molecule has 0 spiro atoms. The van der Waals surface area contributed by atoms with E-state index in [1.165, 1.54) is 31.3 Å². The van der Waals surface area contributed by atoms with Gasteiger partial charge in [-0.1, -0.05) is 109 Å². The molecule has 0 aliphatic heterocycles. The molecule has 7 aromatic carbocycles. The predicted octanol–water partition coefficient (Wildman–Crippen LogP) is 12.6. The van der Waals surface area contributed by atoms with Crippen LogP contribution in [0.15, 0.2) is 162 Å². The maximum Gasteiger partial charge on any atom is 0.161 e. The van der Waals surface area contributed by atoms with E-state index in [-0.39, 0.29) is 0 Å². The zero-order chi connectivity index (χ0) is 31.6. The van der Waals surface area contributed by atoms with Crippen molar-refractivity contribution < 1.29 is 4.42 Å². The largest absolute Gasteiger partial charge is 0.454 e. The summed E-state index contributed by atoms with van der Waals surface area (Å²) in [5, 5.41) is 5.62. The number of thiophene rings is 1. The van der Waals surface area contributed by atoms with Gasteiger partial charge >= 0.3 is 0 Å². The van der Waals surface area contributed by atoms with Crippen molar-refractivity contribution in [2.75, 3.05) is 0 Å². The van der Waals surface area contributed by atoms with Crippen LogP contribution in [0.3, 0.4) is 0 Å². The third kappa shape index (κ3) is 4.34. The number of hydrogen-bond acceptors (Lipinski definition) is 4. The van der Waals surface area contributed by atoms with Crippen LogP contribution in [0.5, 0.6) is 0 Å². The zero-order valence-electron chi connectivity index (χ0n) is 25.7. The van der Waals surface area contributed by atoms with E-state index in [4.69, 9.17) is 14.4 Å². The molecule has 0 saturated carbocycles. The molecule has 0 radical (unpaired) electrons. The molecule has 224 valence electrons. The molecule has 0 N–H and O–H groups in total. The Balaban J connectivity index is 1.20. The standard InChI is InChI=1S/C44H26N2OS/c1-2-10-27(11-3-1)28-12-8-13-29(24-28)30-14-9-15-32(25-30)44-45-41(31-20-23-40-37(26-31)34-17-5-7-19-39(34)48-40)36-22-21-35-33-16-4-6-18-38(33)47-43(35)42(36)46-44/h1-26H. The fourth-order valence-electron chi connectivity index (χ4n) is 6.94. The molecule has 0 bridgehead atoms. The van der Waals surface area contributed by atoms with Crippen LogP contribution in [-0.4, -0.2) is 9.97 Å². The molecule has 0 amide bonds. The lowest BCUT2D eigenvalue weighted by Crippen LogP contribution is -1.96. The second-order valence-corrected chi connectivity index (χ2v) is 13.3. The van der Waals surface area contributed by atoms with Gasteiger partial charge < -0.3 is 4.42 Å². The molecule has 0 aliphatic carbocycles. The van der Waals surface area contributed by atoms with Crippen LogP contribution in [0.25, 0.3) is 97.9 Å². The summed E-state index contributed by atoms with van der Waals surface area (Å²) in [6.45, 7) is 0. The van der Waals surface area contributed by atoms with Gasteiger partial charge in [0.25, 0.3) is 0 Å². The normalized spacial score (nSPS) is 11.8. The maximum absolute atomic E-state index is 6.52. The second kappa shape index (κ2) is 10.7. The Kier molecular flexibility index (Phi) is 6.05. The van der Waals surface area contributed by atoms with Crippen LogP contribution in [0, 0.1) is 0 Å². The third-order valence-electron chi connectivity index (χ3n) is 9.29. The molecule has 3 aromatic heterocycles. The van der Waals surface area contributed by atoms with Gasteiger partial charge in [0.05, 0.1) is 5.69 Å². The summed E-state index contributed by atoms with van der Waals surface area (Å²) in [5.41, 5.74) is 10.0. The number of rotatable bonds is 4. The van der Waals surface area contributed by atoms with E-state index < -0.39 is 0 Å². The molecular weight excluding hydrogens is 605 g/mol. The number of aromatic nitrogens is 2. The van der Waals surface area contributed by atoms with E-state index >= 15 is 0 Å². The number of hydrogen-bond donors (Lipinski definition) is 0. The quantitative estimate of drug-likeness (QED) is 0.194. The zero-order valence-corrected chi connectivity index (χ0v) is 26.5. The molecule has 0 unspecified atom stereocenters. The Morgan fingerprint density at radius 2 is 1.04 bits per heavy atom. The van der Waals surface area contributed by atoms with Crippen molar-refractivity contribution in [3.8, 4) is 44.9 Å². The van der Waals surface area contributed by atoms with Crippen molar-refractivity contribution in [2.45, 2.75) is 0 Å². The summed E-state index contributed by atoms with van der Waals surface area (Å²) >= 11 is 1.82. The van der Waals surface area contributed by atoms with Crippen molar-refractivity contribution in [3.63, 3.8) is 0 Å². The minimum absolute atomic E-state index is 0.668. The van der Waals surface area contributed by atoms with E-state index in [0.29, 0.717) is 5.82 Å². The van der Waals surface area contributed by atoms with Crippen molar-refractivity contribution in [2.24, 2.45) is 0 Å². The molecule has 0 fully saturated rings. The molecule has 0 saturated heterocycles. The molecule has 3 heterocycles. The van der Waals surface area contributed by atoms with Gasteiger partial charge in [-0.15, -0.1) is 11.3 Å². The van der Waals surface area contributed by atoms with Gasteiger partial charge in [0.2, 0.25) is 0 Å². The highest BCUT2D eigenvalue weighted by molar-refractivity contribution is 7.25. The van der Waals surface area contributed by atoms with Gasteiger partial charge in [-0.2, -0.15) is 0 Å². The van der Waals surface area contributed by atoms with Crippen LogP contribution in [-0.2, 0) is 0 Å². The third-order valence-corrected chi connectivity index (χ3v) is 10.4. The smallest absolute Gasteiger partial charge is 0.161 e. The molecule has 10 aromatic rings. The summed E-state index contributed by atoms with van der Waals surface area (Å²) in [4.78, 5) is 10.6. The predicted molar refractivity (Wildman–Crippen MR) is 201 cm³/mol. The first kappa shape index (κ1) is 27.1. The summed E-state index contributed by atoms with van der Waals surface area (Å²) in [6, 6.07) is 55.6. The Morgan fingerprint density at radius 1 is 0.396 bits per heavy atom. The SMILES string of the molecule is c1ccc(-c2cccc(-c3cccc(-c4nc(-c5ccc6sc7ccccc7c6c5)c5ccc6c7ccccc7oc6c5n4)c3)c2)cc1. The van der Waals surface area contributed by atoms with Crippen molar-refractivity contribution in [3.05, 3.63) is 158 Å². The van der Waals surface area contributed by atoms with Gasteiger partial charge in [-0.3, -0.25) is 0 Å². The van der Waals surface area contributed by atoms with Crippen molar-refractivity contribution in [1.82, 2.24) is 9.97 Å². The van der Waals surface area contributed by atoms with Gasteiger partial charge in [0.1, 0.15) is 11.1 Å². The van der Waals surface area contributed by atoms with Crippen LogP contribution >= 0.6 is 11.3 Å². The Labute approximate surface area is 280 Å². The summed E-state index contributed by atoms with van der Waals surface area (Å²) in [7, 11) is 0. The molecule has 48 heavy (non-hydrogen) atoms.